The molecular formula is C16H18ClNO. The van der Waals surface area contributed by atoms with Crippen molar-refractivity contribution in [3.8, 4) is 0 Å². The lowest BCUT2D eigenvalue weighted by Gasteiger charge is -2.37. The summed E-state index contributed by atoms with van der Waals surface area (Å²) in [7, 11) is 0. The highest BCUT2D eigenvalue weighted by molar-refractivity contribution is 6.30. The molecule has 100 valence electrons. The molecule has 1 aliphatic carbocycles. The van der Waals surface area contributed by atoms with Crippen molar-refractivity contribution in [2.24, 2.45) is 0 Å². The minimum absolute atomic E-state index is 0.283. The lowest BCUT2D eigenvalue weighted by atomic mass is 9.75. The lowest BCUT2D eigenvalue weighted by molar-refractivity contribution is 0.258. The zero-order chi connectivity index (χ0) is 13.2. The fourth-order valence-corrected chi connectivity index (χ4v) is 2.86. The van der Waals surface area contributed by atoms with Gasteiger partial charge in [0.25, 0.3) is 0 Å². The minimum Gasteiger partial charge on any atom is -0.468 e. The second kappa shape index (κ2) is 5.40. The molecule has 0 amide bonds. The van der Waals surface area contributed by atoms with Gasteiger partial charge in [-0.25, -0.2) is 0 Å². The summed E-state index contributed by atoms with van der Waals surface area (Å²) in [6.45, 7) is 2.15. The van der Waals surface area contributed by atoms with E-state index in [1.54, 1.807) is 6.26 Å². The van der Waals surface area contributed by atoms with Gasteiger partial charge in [0.1, 0.15) is 5.76 Å². The summed E-state index contributed by atoms with van der Waals surface area (Å²) in [6, 6.07) is 13.1. The summed E-state index contributed by atoms with van der Waals surface area (Å²) >= 11 is 5.91. The molecule has 0 bridgehead atoms. The van der Waals surface area contributed by atoms with E-state index in [1.165, 1.54) is 18.4 Å². The number of furan rings is 1. The van der Waals surface area contributed by atoms with Gasteiger partial charge in [-0.05, 0) is 55.5 Å². The van der Waals surface area contributed by atoms with Crippen LogP contribution in [-0.2, 0) is 0 Å². The normalized spacial score (nSPS) is 23.9. The minimum atomic E-state index is 0.283. The maximum absolute atomic E-state index is 5.91. The molecule has 0 spiro atoms. The molecule has 1 atom stereocenters. The van der Waals surface area contributed by atoms with Crippen molar-refractivity contribution in [2.45, 2.75) is 37.8 Å². The zero-order valence-electron chi connectivity index (χ0n) is 11.0. The SMILES string of the molecule is CC(NC1CC(c2ccc(Cl)cc2)C1)c1ccco1. The van der Waals surface area contributed by atoms with Crippen molar-refractivity contribution >= 4 is 11.6 Å². The van der Waals surface area contributed by atoms with Crippen LogP contribution in [0.5, 0.6) is 0 Å². The number of hydrogen-bond acceptors (Lipinski definition) is 2. The van der Waals surface area contributed by atoms with Crippen LogP contribution in [0.25, 0.3) is 0 Å². The van der Waals surface area contributed by atoms with Gasteiger partial charge in [0.05, 0.1) is 12.3 Å². The Morgan fingerprint density at radius 2 is 1.95 bits per heavy atom. The van der Waals surface area contributed by atoms with Crippen molar-refractivity contribution < 1.29 is 4.42 Å². The Morgan fingerprint density at radius 3 is 2.58 bits per heavy atom. The Balaban J connectivity index is 1.51. The molecular weight excluding hydrogens is 258 g/mol. The average molecular weight is 276 g/mol. The van der Waals surface area contributed by atoms with Gasteiger partial charge in [0, 0.05) is 11.1 Å². The first-order valence-electron chi connectivity index (χ1n) is 6.77. The van der Waals surface area contributed by atoms with E-state index in [2.05, 4.69) is 24.4 Å². The molecule has 1 heterocycles. The summed E-state index contributed by atoms with van der Waals surface area (Å²) in [5, 5.41) is 4.42. The molecule has 19 heavy (non-hydrogen) atoms. The smallest absolute Gasteiger partial charge is 0.120 e. The van der Waals surface area contributed by atoms with Crippen molar-refractivity contribution in [3.63, 3.8) is 0 Å². The highest BCUT2D eigenvalue weighted by Gasteiger charge is 2.31. The van der Waals surface area contributed by atoms with Gasteiger partial charge >= 0.3 is 0 Å². The number of nitrogens with one attached hydrogen (secondary N) is 1. The number of benzene rings is 1. The van der Waals surface area contributed by atoms with E-state index in [1.807, 2.05) is 24.3 Å². The van der Waals surface area contributed by atoms with Crippen LogP contribution in [0.15, 0.2) is 47.1 Å². The van der Waals surface area contributed by atoms with Crippen LogP contribution in [0, 0.1) is 0 Å². The number of hydrogen-bond donors (Lipinski definition) is 1. The zero-order valence-corrected chi connectivity index (χ0v) is 11.7. The maximum atomic E-state index is 5.91. The third-order valence-corrected chi connectivity index (χ3v) is 4.19. The molecule has 0 radical (unpaired) electrons. The molecule has 1 N–H and O–H groups in total. The standard InChI is InChI=1S/C16H18ClNO/c1-11(16-3-2-8-19-16)18-15-9-13(10-15)12-4-6-14(17)7-5-12/h2-8,11,13,15,18H,9-10H2,1H3. The predicted octanol–water partition coefficient (Wildman–Crippen LogP) is 4.53. The number of halogens is 1. The van der Waals surface area contributed by atoms with Crippen LogP contribution in [0.4, 0.5) is 0 Å². The van der Waals surface area contributed by atoms with E-state index in [0.29, 0.717) is 12.0 Å². The summed E-state index contributed by atoms with van der Waals surface area (Å²) in [4.78, 5) is 0. The molecule has 3 heteroatoms. The average Bonchev–Trinajstić information content (AvgIpc) is 2.88. The first-order chi connectivity index (χ1) is 9.22. The topological polar surface area (TPSA) is 25.2 Å². The van der Waals surface area contributed by atoms with Gasteiger partial charge in [-0.2, -0.15) is 0 Å². The molecule has 2 aromatic rings. The van der Waals surface area contributed by atoms with Crippen LogP contribution in [0.2, 0.25) is 5.02 Å². The molecule has 1 fully saturated rings. The Kier molecular flexibility index (Phi) is 3.63. The van der Waals surface area contributed by atoms with E-state index in [4.69, 9.17) is 16.0 Å². The fourth-order valence-electron chi connectivity index (χ4n) is 2.73. The summed E-state index contributed by atoms with van der Waals surface area (Å²) in [5.41, 5.74) is 1.40. The highest BCUT2D eigenvalue weighted by Crippen LogP contribution is 2.38. The van der Waals surface area contributed by atoms with Crippen LogP contribution in [0.1, 0.15) is 43.0 Å². The molecule has 1 aromatic heterocycles. The predicted molar refractivity (Wildman–Crippen MR) is 77.5 cm³/mol. The molecule has 0 saturated heterocycles. The molecule has 1 aromatic carbocycles. The second-order valence-electron chi connectivity index (χ2n) is 5.32. The molecule has 2 nitrogen and oxygen atoms in total. The van der Waals surface area contributed by atoms with Crippen LogP contribution in [-0.4, -0.2) is 6.04 Å². The van der Waals surface area contributed by atoms with Gasteiger partial charge in [-0.1, -0.05) is 23.7 Å². The second-order valence-corrected chi connectivity index (χ2v) is 5.76. The monoisotopic (exact) mass is 275 g/mol. The van der Waals surface area contributed by atoms with Gasteiger partial charge in [-0.15, -0.1) is 0 Å². The molecule has 1 unspecified atom stereocenters. The van der Waals surface area contributed by atoms with Gasteiger partial charge < -0.3 is 9.73 Å². The van der Waals surface area contributed by atoms with Gasteiger partial charge in [0.15, 0.2) is 0 Å². The highest BCUT2D eigenvalue weighted by atomic mass is 35.5. The third-order valence-electron chi connectivity index (χ3n) is 3.94. The van der Waals surface area contributed by atoms with Gasteiger partial charge in [0.2, 0.25) is 0 Å². The maximum Gasteiger partial charge on any atom is 0.120 e. The fraction of sp³-hybridized carbons (Fsp3) is 0.375. The van der Waals surface area contributed by atoms with E-state index in [-0.39, 0.29) is 6.04 Å². The summed E-state index contributed by atoms with van der Waals surface area (Å²) in [6.07, 6.45) is 4.10. The first-order valence-corrected chi connectivity index (χ1v) is 7.15. The Morgan fingerprint density at radius 1 is 1.21 bits per heavy atom. The van der Waals surface area contributed by atoms with E-state index >= 15 is 0 Å². The molecule has 3 rings (SSSR count). The van der Waals surface area contributed by atoms with Crippen molar-refractivity contribution in [2.75, 3.05) is 0 Å². The van der Waals surface area contributed by atoms with Crippen molar-refractivity contribution in [3.05, 3.63) is 59.0 Å². The molecule has 0 aliphatic heterocycles. The van der Waals surface area contributed by atoms with E-state index < -0.39 is 0 Å². The van der Waals surface area contributed by atoms with E-state index in [0.717, 1.165) is 10.8 Å². The third kappa shape index (κ3) is 2.85. The first kappa shape index (κ1) is 12.8. The van der Waals surface area contributed by atoms with Crippen LogP contribution < -0.4 is 5.32 Å². The van der Waals surface area contributed by atoms with Crippen molar-refractivity contribution in [1.29, 1.82) is 0 Å². The Labute approximate surface area is 118 Å². The summed E-state index contributed by atoms with van der Waals surface area (Å²) in [5.74, 6) is 1.67. The number of rotatable bonds is 4. The van der Waals surface area contributed by atoms with Crippen molar-refractivity contribution in [1.82, 2.24) is 5.32 Å². The van der Waals surface area contributed by atoms with Crippen LogP contribution in [0.3, 0.4) is 0 Å². The Hall–Kier alpha value is -1.25. The van der Waals surface area contributed by atoms with Crippen LogP contribution >= 0.6 is 11.6 Å². The van der Waals surface area contributed by atoms with Gasteiger partial charge in [-0.3, -0.25) is 0 Å². The Bertz CT molecular complexity index is 514. The quantitative estimate of drug-likeness (QED) is 0.887. The largest absolute Gasteiger partial charge is 0.468 e. The summed E-state index contributed by atoms with van der Waals surface area (Å²) < 4.78 is 5.41. The lowest BCUT2D eigenvalue weighted by Crippen LogP contribution is -2.41. The molecule has 1 saturated carbocycles. The van der Waals surface area contributed by atoms with E-state index in [9.17, 15) is 0 Å². The molecule has 1 aliphatic rings.